The maximum absolute atomic E-state index is 13.0. The number of carbonyl (C=O) groups excluding carboxylic acids is 2. The van der Waals surface area contributed by atoms with Gasteiger partial charge in [0.05, 0.1) is 16.6 Å². The van der Waals surface area contributed by atoms with E-state index in [4.69, 9.17) is 17.3 Å². The van der Waals surface area contributed by atoms with Crippen molar-refractivity contribution in [2.45, 2.75) is 33.2 Å². The summed E-state index contributed by atoms with van der Waals surface area (Å²) in [6.45, 7) is 5.32. The van der Waals surface area contributed by atoms with Crippen molar-refractivity contribution in [2.75, 3.05) is 5.32 Å². The predicted octanol–water partition coefficient (Wildman–Crippen LogP) is 3.42. The summed E-state index contributed by atoms with van der Waals surface area (Å²) in [5, 5.41) is 3.64. The molecule has 7 nitrogen and oxygen atoms in total. The quantitative estimate of drug-likeness (QED) is 0.661. The second-order valence-corrected chi connectivity index (χ2v) is 7.87. The number of thiophene rings is 1. The zero-order valence-electron chi connectivity index (χ0n) is 15.6. The smallest absolute Gasteiger partial charge is 0.263 e. The van der Waals surface area contributed by atoms with Crippen LogP contribution in [0.4, 0.5) is 5.69 Å². The van der Waals surface area contributed by atoms with Crippen molar-refractivity contribution < 1.29 is 9.59 Å². The van der Waals surface area contributed by atoms with Crippen molar-refractivity contribution in [3.63, 3.8) is 0 Å². The Bertz CT molecular complexity index is 1150. The van der Waals surface area contributed by atoms with E-state index in [2.05, 4.69) is 10.3 Å². The number of fused-ring (bicyclic) bond motifs is 1. The van der Waals surface area contributed by atoms with Crippen LogP contribution in [0.2, 0.25) is 5.02 Å². The van der Waals surface area contributed by atoms with Gasteiger partial charge in [0.15, 0.2) is 0 Å². The van der Waals surface area contributed by atoms with Crippen molar-refractivity contribution in [1.29, 1.82) is 0 Å². The zero-order chi connectivity index (χ0) is 20.6. The molecule has 3 rings (SSSR count). The lowest BCUT2D eigenvalue weighted by Crippen LogP contribution is -2.33. The fourth-order valence-corrected chi connectivity index (χ4v) is 4.21. The third-order valence-corrected chi connectivity index (χ3v) is 6.03. The average Bonchev–Trinajstić information content (AvgIpc) is 2.98. The number of nitrogens with zero attached hydrogens (tertiary/aromatic N) is 2. The Hall–Kier alpha value is -2.71. The van der Waals surface area contributed by atoms with Crippen molar-refractivity contribution >= 4 is 50.7 Å². The molecule has 9 heteroatoms. The monoisotopic (exact) mass is 418 g/mol. The number of amides is 2. The number of benzene rings is 1. The molecule has 2 heterocycles. The van der Waals surface area contributed by atoms with E-state index < -0.39 is 11.9 Å². The molecule has 0 spiro atoms. The summed E-state index contributed by atoms with van der Waals surface area (Å²) in [6, 6.07) is 4.44. The van der Waals surface area contributed by atoms with Gasteiger partial charge in [-0.25, -0.2) is 4.98 Å². The van der Waals surface area contributed by atoms with Crippen molar-refractivity contribution in [3.05, 3.63) is 55.9 Å². The average molecular weight is 419 g/mol. The summed E-state index contributed by atoms with van der Waals surface area (Å²) in [7, 11) is 0. The van der Waals surface area contributed by atoms with Crippen LogP contribution in [0.25, 0.3) is 10.2 Å². The lowest BCUT2D eigenvalue weighted by Gasteiger charge is -2.18. The number of nitrogens with two attached hydrogens (primary N) is 1. The van der Waals surface area contributed by atoms with E-state index >= 15 is 0 Å². The molecule has 0 fully saturated rings. The fourth-order valence-electron chi connectivity index (χ4n) is 3.05. The Kier molecular flexibility index (Phi) is 5.53. The molecule has 2 aromatic heterocycles. The Morgan fingerprint density at radius 3 is 2.71 bits per heavy atom. The van der Waals surface area contributed by atoms with Crippen LogP contribution in [-0.4, -0.2) is 21.4 Å². The highest BCUT2D eigenvalue weighted by Crippen LogP contribution is 2.27. The molecular weight excluding hydrogens is 400 g/mol. The van der Waals surface area contributed by atoms with Crippen LogP contribution in [0.3, 0.4) is 0 Å². The summed E-state index contributed by atoms with van der Waals surface area (Å²) >= 11 is 7.09. The number of rotatable bonds is 5. The minimum absolute atomic E-state index is 0.296. The Labute approximate surface area is 170 Å². The SMILES string of the molecule is CCC(C(=O)Nc1cc(Cl)ccc1C)n1cnc2sc(C(N)=O)c(C)c2c1=O. The first-order chi connectivity index (χ1) is 13.2. The van der Waals surface area contributed by atoms with Crippen LogP contribution in [0.1, 0.15) is 40.2 Å². The van der Waals surface area contributed by atoms with Gasteiger partial charge in [-0.1, -0.05) is 24.6 Å². The molecule has 3 aromatic rings. The van der Waals surface area contributed by atoms with E-state index in [-0.39, 0.29) is 11.5 Å². The molecule has 2 amide bonds. The molecule has 1 unspecified atom stereocenters. The number of carbonyl (C=O) groups is 2. The molecular formula is C19H19ClN4O3S. The van der Waals surface area contributed by atoms with Gasteiger partial charge >= 0.3 is 0 Å². The van der Waals surface area contributed by atoms with Crippen LogP contribution in [0.15, 0.2) is 29.3 Å². The van der Waals surface area contributed by atoms with Crippen LogP contribution in [0.5, 0.6) is 0 Å². The maximum Gasteiger partial charge on any atom is 0.263 e. The molecule has 0 aliphatic carbocycles. The Morgan fingerprint density at radius 1 is 1.36 bits per heavy atom. The van der Waals surface area contributed by atoms with Crippen molar-refractivity contribution in [3.8, 4) is 0 Å². The van der Waals surface area contributed by atoms with E-state index in [0.717, 1.165) is 16.9 Å². The van der Waals surface area contributed by atoms with Crippen LogP contribution in [-0.2, 0) is 4.79 Å². The molecule has 0 bridgehead atoms. The number of hydrogen-bond acceptors (Lipinski definition) is 5. The molecule has 3 N–H and O–H groups in total. The van der Waals surface area contributed by atoms with E-state index in [9.17, 15) is 14.4 Å². The number of hydrogen-bond donors (Lipinski definition) is 2. The first-order valence-corrected chi connectivity index (χ1v) is 9.81. The van der Waals surface area contributed by atoms with Crippen molar-refractivity contribution in [1.82, 2.24) is 9.55 Å². The van der Waals surface area contributed by atoms with Crippen LogP contribution >= 0.6 is 22.9 Å². The summed E-state index contributed by atoms with van der Waals surface area (Å²) in [5.41, 5.74) is 6.92. The molecule has 0 saturated carbocycles. The number of aryl methyl sites for hydroxylation is 2. The van der Waals surface area contributed by atoms with Gasteiger partial charge in [0, 0.05) is 10.7 Å². The maximum atomic E-state index is 13.0. The minimum atomic E-state index is -0.765. The highest BCUT2D eigenvalue weighted by atomic mass is 35.5. The number of nitrogens with one attached hydrogen (secondary N) is 1. The summed E-state index contributed by atoms with van der Waals surface area (Å²) in [5.74, 6) is -0.952. The second-order valence-electron chi connectivity index (χ2n) is 6.43. The van der Waals surface area contributed by atoms with Crippen molar-refractivity contribution in [2.24, 2.45) is 5.73 Å². The van der Waals surface area contributed by atoms with E-state index in [1.807, 2.05) is 6.92 Å². The van der Waals surface area contributed by atoms with Gasteiger partial charge in [-0.15, -0.1) is 11.3 Å². The van der Waals surface area contributed by atoms with Gasteiger partial charge in [0.1, 0.15) is 10.9 Å². The molecule has 0 aliphatic heterocycles. The molecule has 146 valence electrons. The van der Waals surface area contributed by atoms with Crippen LogP contribution < -0.4 is 16.6 Å². The van der Waals surface area contributed by atoms with Gasteiger partial charge < -0.3 is 11.1 Å². The normalized spacial score (nSPS) is 12.1. The van der Waals surface area contributed by atoms with Crippen LogP contribution in [0, 0.1) is 13.8 Å². The van der Waals surface area contributed by atoms with Gasteiger partial charge in [0.25, 0.3) is 11.5 Å². The van der Waals surface area contributed by atoms with Gasteiger partial charge in [-0.2, -0.15) is 0 Å². The zero-order valence-corrected chi connectivity index (χ0v) is 17.1. The molecule has 0 aliphatic rings. The second kappa shape index (κ2) is 7.73. The molecule has 1 atom stereocenters. The van der Waals surface area contributed by atoms with Gasteiger partial charge in [0.2, 0.25) is 5.91 Å². The topological polar surface area (TPSA) is 107 Å². The Balaban J connectivity index is 2.03. The van der Waals surface area contributed by atoms with E-state index in [1.54, 1.807) is 32.0 Å². The third-order valence-electron chi connectivity index (χ3n) is 4.58. The lowest BCUT2D eigenvalue weighted by atomic mass is 10.1. The molecule has 28 heavy (non-hydrogen) atoms. The first kappa shape index (κ1) is 20.0. The standard InChI is InChI=1S/C19H19ClN4O3S/c1-4-13(17(26)23-12-7-11(20)6-5-9(12)2)24-8-22-18-14(19(24)27)10(3)15(28-18)16(21)25/h5-8,13H,4H2,1-3H3,(H2,21,25)(H,23,26). The number of primary amides is 1. The first-order valence-electron chi connectivity index (χ1n) is 8.61. The summed E-state index contributed by atoms with van der Waals surface area (Å²) in [6.07, 6.45) is 1.72. The fraction of sp³-hybridized carbons (Fsp3) is 0.263. The lowest BCUT2D eigenvalue weighted by molar-refractivity contribution is -0.119. The largest absolute Gasteiger partial charge is 0.365 e. The highest BCUT2D eigenvalue weighted by Gasteiger charge is 2.24. The van der Waals surface area contributed by atoms with E-state index in [0.29, 0.717) is 37.8 Å². The molecule has 0 saturated heterocycles. The number of halogens is 1. The molecule has 1 aromatic carbocycles. The van der Waals surface area contributed by atoms with Gasteiger partial charge in [-0.05, 0) is 43.5 Å². The van der Waals surface area contributed by atoms with Gasteiger partial charge in [-0.3, -0.25) is 19.0 Å². The number of aromatic nitrogens is 2. The number of anilines is 1. The third kappa shape index (κ3) is 3.53. The highest BCUT2D eigenvalue weighted by molar-refractivity contribution is 7.20. The summed E-state index contributed by atoms with van der Waals surface area (Å²) in [4.78, 5) is 42.5. The summed E-state index contributed by atoms with van der Waals surface area (Å²) < 4.78 is 1.29. The van der Waals surface area contributed by atoms with E-state index in [1.165, 1.54) is 10.9 Å². The molecule has 0 radical (unpaired) electrons. The predicted molar refractivity (Wildman–Crippen MR) is 111 cm³/mol. The minimum Gasteiger partial charge on any atom is -0.365 e. The Morgan fingerprint density at radius 2 is 2.07 bits per heavy atom.